The molecule has 0 bridgehead atoms. The molecule has 1 aromatic carbocycles. The molecule has 2 rings (SSSR count). The van der Waals surface area contributed by atoms with Crippen molar-refractivity contribution in [2.45, 2.75) is 33.7 Å². The van der Waals surface area contributed by atoms with Crippen molar-refractivity contribution in [1.29, 1.82) is 0 Å². The van der Waals surface area contributed by atoms with Crippen molar-refractivity contribution in [3.05, 3.63) is 47.5 Å². The van der Waals surface area contributed by atoms with Crippen LogP contribution in [-0.4, -0.2) is 12.3 Å². The van der Waals surface area contributed by atoms with E-state index >= 15 is 0 Å². The molecule has 1 atom stereocenters. The molecule has 19 heavy (non-hydrogen) atoms. The highest BCUT2D eigenvalue weighted by atomic mass is 16.1. The lowest BCUT2D eigenvalue weighted by atomic mass is 9.69. The Labute approximate surface area is 115 Å². The first kappa shape index (κ1) is 14.0. The van der Waals surface area contributed by atoms with Gasteiger partial charge in [0, 0.05) is 19.0 Å². The molecule has 2 heteroatoms. The largest absolute Gasteiger partial charge is 0.312 e. The topological polar surface area (TPSA) is 29.1 Å². The highest BCUT2D eigenvalue weighted by Crippen LogP contribution is 2.38. The first-order valence-corrected chi connectivity index (χ1v) is 6.95. The molecule has 1 aromatic rings. The molecule has 0 aliphatic heterocycles. The number of benzene rings is 1. The van der Waals surface area contributed by atoms with Crippen LogP contribution in [0.5, 0.6) is 0 Å². The van der Waals surface area contributed by atoms with Gasteiger partial charge in [-0.05, 0) is 30.4 Å². The third kappa shape index (κ3) is 3.54. The number of rotatable bonds is 4. The number of hydrogen-bond donors (Lipinski definition) is 1. The molecule has 1 unspecified atom stereocenters. The van der Waals surface area contributed by atoms with Crippen molar-refractivity contribution in [3.63, 3.8) is 0 Å². The predicted molar refractivity (Wildman–Crippen MR) is 78.8 cm³/mol. The SMILES string of the molecule is CC1=CC(=O)C(CNCc2ccccc2)C(C)(C)C1. The highest BCUT2D eigenvalue weighted by Gasteiger charge is 2.36. The quantitative estimate of drug-likeness (QED) is 0.896. The molecule has 0 aromatic heterocycles. The zero-order chi connectivity index (χ0) is 13.9. The zero-order valence-electron chi connectivity index (χ0n) is 12.1. The van der Waals surface area contributed by atoms with Gasteiger partial charge in [0.2, 0.25) is 0 Å². The standard InChI is InChI=1S/C17H23NO/c1-13-9-16(19)15(17(2,3)10-13)12-18-11-14-7-5-4-6-8-14/h4-9,15,18H,10-12H2,1-3H3. The number of allylic oxidation sites excluding steroid dienone is 2. The summed E-state index contributed by atoms with van der Waals surface area (Å²) in [7, 11) is 0. The van der Waals surface area contributed by atoms with Crippen LogP contribution in [0, 0.1) is 11.3 Å². The van der Waals surface area contributed by atoms with Crippen molar-refractivity contribution < 1.29 is 4.79 Å². The van der Waals surface area contributed by atoms with Gasteiger partial charge in [0.1, 0.15) is 0 Å². The molecule has 1 aliphatic carbocycles. The number of nitrogens with one attached hydrogen (secondary N) is 1. The van der Waals surface area contributed by atoms with Gasteiger partial charge in [-0.1, -0.05) is 49.8 Å². The molecule has 0 radical (unpaired) electrons. The number of carbonyl (C=O) groups excluding carboxylic acids is 1. The molecular weight excluding hydrogens is 234 g/mol. The van der Waals surface area contributed by atoms with E-state index in [1.165, 1.54) is 11.1 Å². The lowest BCUT2D eigenvalue weighted by molar-refractivity contribution is -0.122. The van der Waals surface area contributed by atoms with Crippen LogP contribution < -0.4 is 5.32 Å². The predicted octanol–water partition coefficient (Wildman–Crippen LogP) is 3.34. The third-order valence-corrected chi connectivity index (χ3v) is 3.93. The molecule has 1 N–H and O–H groups in total. The molecule has 0 saturated carbocycles. The van der Waals surface area contributed by atoms with Gasteiger partial charge in [-0.2, -0.15) is 0 Å². The van der Waals surface area contributed by atoms with E-state index in [0.717, 1.165) is 19.5 Å². The van der Waals surface area contributed by atoms with Gasteiger partial charge in [0.05, 0.1) is 0 Å². The number of carbonyl (C=O) groups is 1. The lowest BCUT2D eigenvalue weighted by Gasteiger charge is -2.36. The van der Waals surface area contributed by atoms with E-state index < -0.39 is 0 Å². The van der Waals surface area contributed by atoms with Gasteiger partial charge in [-0.3, -0.25) is 4.79 Å². The number of hydrogen-bond acceptors (Lipinski definition) is 2. The van der Waals surface area contributed by atoms with Crippen molar-refractivity contribution in [2.75, 3.05) is 6.54 Å². The van der Waals surface area contributed by atoms with Crippen LogP contribution in [0.2, 0.25) is 0 Å². The Morgan fingerprint density at radius 3 is 2.58 bits per heavy atom. The fourth-order valence-electron chi connectivity index (χ4n) is 2.96. The maximum absolute atomic E-state index is 12.1. The fraction of sp³-hybridized carbons (Fsp3) is 0.471. The molecule has 0 saturated heterocycles. The molecule has 1 aliphatic rings. The van der Waals surface area contributed by atoms with Crippen LogP contribution in [0.1, 0.15) is 32.8 Å². The smallest absolute Gasteiger partial charge is 0.160 e. The zero-order valence-corrected chi connectivity index (χ0v) is 12.1. The Bertz CT molecular complexity index is 473. The Morgan fingerprint density at radius 1 is 1.26 bits per heavy atom. The van der Waals surface area contributed by atoms with E-state index in [1.807, 2.05) is 31.2 Å². The molecule has 0 spiro atoms. The van der Waals surface area contributed by atoms with E-state index in [4.69, 9.17) is 0 Å². The van der Waals surface area contributed by atoms with Crippen LogP contribution in [0.3, 0.4) is 0 Å². The van der Waals surface area contributed by atoms with Crippen molar-refractivity contribution in [2.24, 2.45) is 11.3 Å². The normalized spacial score (nSPS) is 22.2. The van der Waals surface area contributed by atoms with Gasteiger partial charge < -0.3 is 5.32 Å². The maximum atomic E-state index is 12.1. The Kier molecular flexibility index (Phi) is 4.20. The Morgan fingerprint density at radius 2 is 1.95 bits per heavy atom. The summed E-state index contributed by atoms with van der Waals surface area (Å²) in [5.41, 5.74) is 2.52. The Hall–Kier alpha value is -1.41. The van der Waals surface area contributed by atoms with E-state index in [9.17, 15) is 4.79 Å². The van der Waals surface area contributed by atoms with Crippen molar-refractivity contribution in [1.82, 2.24) is 5.32 Å². The average molecular weight is 257 g/mol. The molecule has 102 valence electrons. The van der Waals surface area contributed by atoms with Crippen LogP contribution in [0.4, 0.5) is 0 Å². The van der Waals surface area contributed by atoms with Gasteiger partial charge in [0.15, 0.2) is 5.78 Å². The summed E-state index contributed by atoms with van der Waals surface area (Å²) in [6, 6.07) is 10.3. The van der Waals surface area contributed by atoms with Gasteiger partial charge in [-0.15, -0.1) is 0 Å². The van der Waals surface area contributed by atoms with Crippen LogP contribution in [0.15, 0.2) is 42.0 Å². The summed E-state index contributed by atoms with van der Waals surface area (Å²) in [6.07, 6.45) is 2.83. The van der Waals surface area contributed by atoms with Gasteiger partial charge in [0.25, 0.3) is 0 Å². The van der Waals surface area contributed by atoms with E-state index in [2.05, 4.69) is 31.3 Å². The summed E-state index contributed by atoms with van der Waals surface area (Å²) >= 11 is 0. The summed E-state index contributed by atoms with van der Waals surface area (Å²) in [6.45, 7) is 8.01. The van der Waals surface area contributed by atoms with Gasteiger partial charge >= 0.3 is 0 Å². The first-order valence-electron chi connectivity index (χ1n) is 6.95. The second-order valence-corrected chi connectivity index (χ2v) is 6.23. The summed E-state index contributed by atoms with van der Waals surface area (Å²) in [4.78, 5) is 12.1. The van der Waals surface area contributed by atoms with Crippen molar-refractivity contribution in [3.8, 4) is 0 Å². The Balaban J connectivity index is 1.93. The van der Waals surface area contributed by atoms with Crippen LogP contribution in [-0.2, 0) is 11.3 Å². The molecule has 0 fully saturated rings. The minimum Gasteiger partial charge on any atom is -0.312 e. The van der Waals surface area contributed by atoms with E-state index in [0.29, 0.717) is 0 Å². The van der Waals surface area contributed by atoms with Crippen molar-refractivity contribution >= 4 is 5.78 Å². The summed E-state index contributed by atoms with van der Waals surface area (Å²) in [5, 5.41) is 3.42. The van der Waals surface area contributed by atoms with Gasteiger partial charge in [-0.25, -0.2) is 0 Å². The molecule has 2 nitrogen and oxygen atoms in total. The second kappa shape index (κ2) is 5.70. The summed E-state index contributed by atoms with van der Waals surface area (Å²) < 4.78 is 0. The minimum atomic E-state index is 0.0552. The van der Waals surface area contributed by atoms with Crippen LogP contribution in [0.25, 0.3) is 0 Å². The summed E-state index contributed by atoms with van der Waals surface area (Å²) in [5.74, 6) is 0.356. The maximum Gasteiger partial charge on any atom is 0.160 e. The first-order chi connectivity index (χ1) is 8.99. The highest BCUT2D eigenvalue weighted by molar-refractivity contribution is 5.94. The average Bonchev–Trinajstić information content (AvgIpc) is 2.33. The van der Waals surface area contributed by atoms with E-state index in [1.54, 1.807) is 0 Å². The number of ketones is 1. The third-order valence-electron chi connectivity index (χ3n) is 3.93. The molecule has 0 amide bonds. The monoisotopic (exact) mass is 257 g/mol. The lowest BCUT2D eigenvalue weighted by Crippen LogP contribution is -2.40. The van der Waals surface area contributed by atoms with E-state index in [-0.39, 0.29) is 17.1 Å². The molecule has 0 heterocycles. The van der Waals surface area contributed by atoms with Crippen LogP contribution >= 0.6 is 0 Å². The fourth-order valence-corrected chi connectivity index (χ4v) is 2.96. The minimum absolute atomic E-state index is 0.0552. The molecular formula is C17H23NO. The second-order valence-electron chi connectivity index (χ2n) is 6.23.